The summed E-state index contributed by atoms with van der Waals surface area (Å²) in [5.74, 6) is -0.0545. The van der Waals surface area contributed by atoms with E-state index in [1.165, 1.54) is 11.3 Å². The predicted octanol–water partition coefficient (Wildman–Crippen LogP) is 3.20. The van der Waals surface area contributed by atoms with Crippen molar-refractivity contribution in [3.05, 3.63) is 21.9 Å². The van der Waals surface area contributed by atoms with Gasteiger partial charge in [-0.25, -0.2) is 8.42 Å². The van der Waals surface area contributed by atoms with Crippen molar-refractivity contribution < 1.29 is 13.2 Å². The lowest BCUT2D eigenvalue weighted by Crippen LogP contribution is -2.35. The Morgan fingerprint density at radius 3 is 2.47 bits per heavy atom. The van der Waals surface area contributed by atoms with E-state index in [1.54, 1.807) is 6.07 Å². The molecule has 0 radical (unpaired) electrons. The normalized spacial score (nSPS) is 23.2. The summed E-state index contributed by atoms with van der Waals surface area (Å²) in [7, 11) is -3.24. The molecule has 1 aliphatic heterocycles. The molecule has 0 bridgehead atoms. The minimum Gasteiger partial charge on any atom is -0.292 e. The van der Waals surface area contributed by atoms with Crippen LogP contribution in [0.3, 0.4) is 0 Å². The van der Waals surface area contributed by atoms with Gasteiger partial charge in [-0.1, -0.05) is 27.2 Å². The van der Waals surface area contributed by atoms with Crippen molar-refractivity contribution in [3.8, 4) is 0 Å². The molecule has 0 spiro atoms. The second-order valence-electron chi connectivity index (χ2n) is 6.13. The number of thiophene rings is 1. The van der Waals surface area contributed by atoms with Gasteiger partial charge in [-0.2, -0.15) is 0 Å². The third kappa shape index (κ3) is 3.08. The molecule has 106 valence electrons. The molecule has 1 aliphatic rings. The number of carbonyl (C=O) groups excluding carboxylic acids is 1. The molecular weight excluding hydrogens is 280 g/mol. The van der Waals surface area contributed by atoms with Gasteiger partial charge in [0.25, 0.3) is 0 Å². The van der Waals surface area contributed by atoms with E-state index < -0.39 is 15.1 Å². The zero-order chi connectivity index (χ0) is 14.3. The van der Waals surface area contributed by atoms with Gasteiger partial charge in [-0.15, -0.1) is 11.3 Å². The van der Waals surface area contributed by atoms with E-state index in [-0.39, 0.29) is 17.0 Å². The van der Waals surface area contributed by atoms with Crippen LogP contribution < -0.4 is 0 Å². The standard InChI is InChI=1S/C14H20O3S2/c1-14(2,3)12-8-7-10(18-12)13(15)11-6-4-5-9-19(11,16)17/h7-8,11H,4-6,9H2,1-3H3. The van der Waals surface area contributed by atoms with Crippen LogP contribution in [0.15, 0.2) is 12.1 Å². The SMILES string of the molecule is CC(C)(C)c1ccc(C(=O)C2CCCCS2(=O)=O)s1. The van der Waals surface area contributed by atoms with Crippen LogP contribution in [-0.2, 0) is 15.3 Å². The highest BCUT2D eigenvalue weighted by Crippen LogP contribution is 2.32. The number of hydrogen-bond acceptors (Lipinski definition) is 4. The summed E-state index contributed by atoms with van der Waals surface area (Å²) in [4.78, 5) is 14.1. The maximum atomic E-state index is 12.4. The maximum Gasteiger partial charge on any atom is 0.190 e. The molecule has 3 nitrogen and oxygen atoms in total. The third-order valence-corrected chi connectivity index (χ3v) is 7.16. The quantitative estimate of drug-likeness (QED) is 0.788. The first-order chi connectivity index (χ1) is 8.72. The predicted molar refractivity (Wildman–Crippen MR) is 78.8 cm³/mol. The Kier molecular flexibility index (Phi) is 3.89. The van der Waals surface area contributed by atoms with Crippen molar-refractivity contribution in [2.45, 2.75) is 50.7 Å². The Labute approximate surface area is 119 Å². The van der Waals surface area contributed by atoms with Crippen molar-refractivity contribution in [1.82, 2.24) is 0 Å². The van der Waals surface area contributed by atoms with Crippen LogP contribution in [0.25, 0.3) is 0 Å². The van der Waals surface area contributed by atoms with Gasteiger partial charge in [0, 0.05) is 4.88 Å². The fourth-order valence-corrected chi connectivity index (χ4v) is 5.28. The summed E-state index contributed by atoms with van der Waals surface area (Å²) < 4.78 is 24.0. The molecule has 0 saturated carbocycles. The molecule has 1 aromatic heterocycles. The van der Waals surface area contributed by atoms with Crippen LogP contribution in [-0.4, -0.2) is 25.2 Å². The first-order valence-electron chi connectivity index (χ1n) is 6.58. The molecule has 2 rings (SSSR count). The second-order valence-corrected chi connectivity index (χ2v) is 9.52. The fraction of sp³-hybridized carbons (Fsp3) is 0.643. The van der Waals surface area contributed by atoms with E-state index in [2.05, 4.69) is 20.8 Å². The molecule has 1 fully saturated rings. The first-order valence-corrected chi connectivity index (χ1v) is 9.11. The van der Waals surface area contributed by atoms with Gasteiger partial charge in [-0.05, 0) is 30.4 Å². The zero-order valence-corrected chi connectivity index (χ0v) is 13.2. The van der Waals surface area contributed by atoms with E-state index in [4.69, 9.17) is 0 Å². The zero-order valence-electron chi connectivity index (χ0n) is 11.6. The minimum atomic E-state index is -3.24. The van der Waals surface area contributed by atoms with Crippen molar-refractivity contribution in [1.29, 1.82) is 0 Å². The lowest BCUT2D eigenvalue weighted by atomic mass is 9.95. The smallest absolute Gasteiger partial charge is 0.190 e. The molecule has 19 heavy (non-hydrogen) atoms. The number of ketones is 1. The molecule has 1 saturated heterocycles. The number of Topliss-reactive ketones (excluding diaryl/α,β-unsaturated/α-hetero) is 1. The van der Waals surface area contributed by atoms with Crippen molar-refractivity contribution in [2.24, 2.45) is 0 Å². The summed E-state index contributed by atoms with van der Waals surface area (Å²) in [6, 6.07) is 3.71. The molecule has 5 heteroatoms. The number of rotatable bonds is 2. The molecule has 0 amide bonds. The van der Waals surface area contributed by atoms with Crippen molar-refractivity contribution >= 4 is 27.0 Å². The third-order valence-electron chi connectivity index (χ3n) is 3.46. The number of carbonyl (C=O) groups is 1. The molecule has 1 atom stereocenters. The highest BCUT2D eigenvalue weighted by molar-refractivity contribution is 7.92. The van der Waals surface area contributed by atoms with Crippen LogP contribution in [0.2, 0.25) is 0 Å². The molecule has 1 unspecified atom stereocenters. The average molecular weight is 300 g/mol. The lowest BCUT2D eigenvalue weighted by Gasteiger charge is -2.20. The van der Waals surface area contributed by atoms with Crippen LogP contribution >= 0.6 is 11.3 Å². The fourth-order valence-electron chi connectivity index (χ4n) is 2.28. The van der Waals surface area contributed by atoms with Gasteiger partial charge >= 0.3 is 0 Å². The number of hydrogen-bond donors (Lipinski definition) is 0. The summed E-state index contributed by atoms with van der Waals surface area (Å²) in [5.41, 5.74) is -0.00532. The molecule has 0 aromatic carbocycles. The van der Waals surface area contributed by atoms with E-state index in [0.29, 0.717) is 17.7 Å². The van der Waals surface area contributed by atoms with Gasteiger partial charge in [0.05, 0.1) is 10.6 Å². The summed E-state index contributed by atoms with van der Waals surface area (Å²) >= 11 is 1.43. The summed E-state index contributed by atoms with van der Waals surface area (Å²) in [6.07, 6.45) is 1.99. The minimum absolute atomic E-state index is 0.00532. The molecule has 2 heterocycles. The largest absolute Gasteiger partial charge is 0.292 e. The van der Waals surface area contributed by atoms with Gasteiger partial charge in [0.2, 0.25) is 0 Å². The van der Waals surface area contributed by atoms with Gasteiger partial charge < -0.3 is 0 Å². The summed E-state index contributed by atoms with van der Waals surface area (Å²) in [5, 5.41) is -0.812. The topological polar surface area (TPSA) is 51.2 Å². The van der Waals surface area contributed by atoms with Crippen LogP contribution in [0.4, 0.5) is 0 Å². The Morgan fingerprint density at radius 2 is 1.95 bits per heavy atom. The highest BCUT2D eigenvalue weighted by atomic mass is 32.2. The van der Waals surface area contributed by atoms with Crippen LogP contribution in [0.5, 0.6) is 0 Å². The van der Waals surface area contributed by atoms with Crippen LogP contribution in [0, 0.1) is 0 Å². The molecule has 0 N–H and O–H groups in total. The molecule has 0 aliphatic carbocycles. The Bertz CT molecular complexity index is 576. The highest BCUT2D eigenvalue weighted by Gasteiger charge is 2.36. The maximum absolute atomic E-state index is 12.4. The van der Waals surface area contributed by atoms with E-state index in [0.717, 1.165) is 11.3 Å². The lowest BCUT2D eigenvalue weighted by molar-refractivity contribution is 0.0985. The van der Waals surface area contributed by atoms with Crippen molar-refractivity contribution in [3.63, 3.8) is 0 Å². The Balaban J connectivity index is 2.27. The monoisotopic (exact) mass is 300 g/mol. The van der Waals surface area contributed by atoms with Crippen LogP contribution in [0.1, 0.15) is 54.6 Å². The first kappa shape index (κ1) is 14.7. The molecular formula is C14H20O3S2. The average Bonchev–Trinajstić information content (AvgIpc) is 2.76. The summed E-state index contributed by atoms with van der Waals surface area (Å²) in [6.45, 7) is 6.26. The second kappa shape index (κ2) is 5.02. The van der Waals surface area contributed by atoms with E-state index in [9.17, 15) is 13.2 Å². The van der Waals surface area contributed by atoms with Gasteiger partial charge in [-0.3, -0.25) is 4.79 Å². The van der Waals surface area contributed by atoms with E-state index >= 15 is 0 Å². The van der Waals surface area contributed by atoms with E-state index in [1.807, 2.05) is 6.07 Å². The Morgan fingerprint density at radius 1 is 1.26 bits per heavy atom. The Hall–Kier alpha value is -0.680. The van der Waals surface area contributed by atoms with Crippen molar-refractivity contribution in [2.75, 3.05) is 5.75 Å². The van der Waals surface area contributed by atoms with Gasteiger partial charge in [0.1, 0.15) is 5.25 Å². The van der Waals surface area contributed by atoms with Gasteiger partial charge in [0.15, 0.2) is 15.6 Å². The number of sulfone groups is 1. The molecule has 1 aromatic rings.